The Bertz CT molecular complexity index is 1400. The number of rotatable bonds is 3. The molecule has 0 aromatic heterocycles. The minimum Gasteiger partial charge on any atom is -0.423 e. The summed E-state index contributed by atoms with van der Waals surface area (Å²) in [5.74, 6) is 0. The molecule has 0 unspecified atom stereocenters. The van der Waals surface area contributed by atoms with Crippen LogP contribution in [0.15, 0.2) is 97.1 Å². The Labute approximate surface area is 195 Å². The van der Waals surface area contributed by atoms with Gasteiger partial charge in [0, 0.05) is 0 Å². The van der Waals surface area contributed by atoms with E-state index in [2.05, 4.69) is 93.6 Å². The zero-order valence-electron chi connectivity index (χ0n) is 19.2. The highest BCUT2D eigenvalue weighted by Gasteiger charge is 2.19. The fourth-order valence-electron chi connectivity index (χ4n) is 4.74. The van der Waals surface area contributed by atoms with Crippen molar-refractivity contribution >= 4 is 34.1 Å². The van der Waals surface area contributed by atoms with Crippen molar-refractivity contribution in [2.45, 2.75) is 26.2 Å². The Morgan fingerprint density at radius 3 is 1.48 bits per heavy atom. The second kappa shape index (κ2) is 8.19. The number of hydrogen-bond acceptors (Lipinski definition) is 2. The van der Waals surface area contributed by atoms with Gasteiger partial charge in [-0.15, -0.1) is 0 Å². The molecule has 33 heavy (non-hydrogen) atoms. The van der Waals surface area contributed by atoms with Crippen LogP contribution in [-0.2, 0) is 5.41 Å². The van der Waals surface area contributed by atoms with E-state index in [1.54, 1.807) is 6.07 Å². The van der Waals surface area contributed by atoms with Gasteiger partial charge < -0.3 is 10.0 Å². The molecule has 0 atom stereocenters. The average Bonchev–Trinajstić information content (AvgIpc) is 2.82. The lowest BCUT2D eigenvalue weighted by Crippen LogP contribution is -2.29. The summed E-state index contributed by atoms with van der Waals surface area (Å²) in [6.07, 6.45) is 0. The van der Waals surface area contributed by atoms with Gasteiger partial charge >= 0.3 is 7.12 Å². The van der Waals surface area contributed by atoms with Crippen molar-refractivity contribution in [3.63, 3.8) is 0 Å². The highest BCUT2D eigenvalue weighted by Crippen LogP contribution is 2.43. The molecular weight excluding hydrogens is 403 g/mol. The Kier molecular flexibility index (Phi) is 5.32. The molecule has 0 amide bonds. The standard InChI is InChI=1S/C30H27BO2/c1-30(2,3)22-17-15-20(16-18-22)28-24-11-4-6-13-26(24)29(27-14-7-5-12-25(27)28)21-9-8-10-23(19-21)31(32)33/h4-19,32-33H,1-3H3. The Morgan fingerprint density at radius 2 is 1.03 bits per heavy atom. The third-order valence-electron chi connectivity index (χ3n) is 6.44. The summed E-state index contributed by atoms with van der Waals surface area (Å²) in [6.45, 7) is 6.71. The number of fused-ring (bicyclic) bond motifs is 2. The van der Waals surface area contributed by atoms with Crippen LogP contribution in [0.25, 0.3) is 43.8 Å². The first kappa shape index (κ1) is 21.5. The first-order valence-corrected chi connectivity index (χ1v) is 11.4. The molecule has 0 aliphatic carbocycles. The highest BCUT2D eigenvalue weighted by molar-refractivity contribution is 6.58. The van der Waals surface area contributed by atoms with E-state index in [4.69, 9.17) is 0 Å². The van der Waals surface area contributed by atoms with Crippen molar-refractivity contribution in [3.05, 3.63) is 103 Å². The average molecular weight is 430 g/mol. The molecule has 0 fully saturated rings. The molecule has 2 nitrogen and oxygen atoms in total. The van der Waals surface area contributed by atoms with Gasteiger partial charge in [0.2, 0.25) is 0 Å². The summed E-state index contributed by atoms with van der Waals surface area (Å²) in [4.78, 5) is 0. The van der Waals surface area contributed by atoms with E-state index in [0.29, 0.717) is 5.46 Å². The summed E-state index contributed by atoms with van der Waals surface area (Å²) < 4.78 is 0. The van der Waals surface area contributed by atoms with Gasteiger partial charge in [-0.2, -0.15) is 0 Å². The van der Waals surface area contributed by atoms with Gasteiger partial charge in [0.15, 0.2) is 0 Å². The van der Waals surface area contributed by atoms with E-state index in [-0.39, 0.29) is 5.41 Å². The molecule has 2 N–H and O–H groups in total. The zero-order chi connectivity index (χ0) is 23.2. The van der Waals surface area contributed by atoms with Crippen LogP contribution in [0, 0.1) is 0 Å². The lowest BCUT2D eigenvalue weighted by Gasteiger charge is -2.21. The van der Waals surface area contributed by atoms with Crippen molar-refractivity contribution in [1.29, 1.82) is 0 Å². The Morgan fingerprint density at radius 1 is 0.545 bits per heavy atom. The van der Waals surface area contributed by atoms with Gasteiger partial charge in [0.25, 0.3) is 0 Å². The van der Waals surface area contributed by atoms with E-state index in [9.17, 15) is 10.0 Å². The second-order valence-electron chi connectivity index (χ2n) is 9.67. The van der Waals surface area contributed by atoms with Crippen LogP contribution in [0.1, 0.15) is 26.3 Å². The smallest absolute Gasteiger partial charge is 0.423 e. The summed E-state index contributed by atoms with van der Waals surface area (Å²) in [5.41, 5.74) is 6.42. The van der Waals surface area contributed by atoms with Crippen LogP contribution >= 0.6 is 0 Å². The minimum atomic E-state index is -1.50. The maximum atomic E-state index is 9.75. The van der Waals surface area contributed by atoms with E-state index in [1.807, 2.05) is 18.2 Å². The maximum absolute atomic E-state index is 9.75. The van der Waals surface area contributed by atoms with Gasteiger partial charge in [-0.25, -0.2) is 0 Å². The molecule has 0 saturated carbocycles. The van der Waals surface area contributed by atoms with Crippen LogP contribution in [0.3, 0.4) is 0 Å². The van der Waals surface area contributed by atoms with Gasteiger partial charge in [0.1, 0.15) is 0 Å². The fourth-order valence-corrected chi connectivity index (χ4v) is 4.74. The van der Waals surface area contributed by atoms with E-state index in [1.165, 1.54) is 27.5 Å². The van der Waals surface area contributed by atoms with Crippen LogP contribution in [0.2, 0.25) is 0 Å². The fraction of sp³-hybridized carbons (Fsp3) is 0.133. The van der Waals surface area contributed by atoms with Gasteiger partial charge in [0.05, 0.1) is 0 Å². The summed E-state index contributed by atoms with van der Waals surface area (Å²) in [7, 11) is -1.50. The molecule has 162 valence electrons. The van der Waals surface area contributed by atoms with Crippen LogP contribution in [0.4, 0.5) is 0 Å². The third kappa shape index (κ3) is 3.84. The normalized spacial score (nSPS) is 11.8. The van der Waals surface area contributed by atoms with E-state index in [0.717, 1.165) is 21.9 Å². The molecule has 5 rings (SSSR count). The van der Waals surface area contributed by atoms with Crippen molar-refractivity contribution in [2.75, 3.05) is 0 Å². The minimum absolute atomic E-state index is 0.106. The van der Waals surface area contributed by atoms with Gasteiger partial charge in [-0.05, 0) is 60.2 Å². The molecule has 0 aliphatic rings. The SMILES string of the molecule is CC(C)(C)c1ccc(-c2c3ccccc3c(-c3cccc(B(O)O)c3)c3ccccc23)cc1. The molecular formula is C30H27BO2. The monoisotopic (exact) mass is 430 g/mol. The van der Waals surface area contributed by atoms with Crippen molar-refractivity contribution in [2.24, 2.45) is 0 Å². The highest BCUT2D eigenvalue weighted by atomic mass is 16.4. The molecule has 3 heteroatoms. The molecule has 5 aromatic rings. The second-order valence-corrected chi connectivity index (χ2v) is 9.67. The molecule has 0 heterocycles. The Balaban J connectivity index is 1.85. The number of benzene rings is 5. The van der Waals surface area contributed by atoms with Crippen molar-refractivity contribution in [1.82, 2.24) is 0 Å². The molecule has 0 radical (unpaired) electrons. The van der Waals surface area contributed by atoms with E-state index >= 15 is 0 Å². The molecule has 0 aliphatic heterocycles. The molecule has 0 bridgehead atoms. The van der Waals surface area contributed by atoms with Gasteiger partial charge in [-0.3, -0.25) is 0 Å². The molecule has 0 saturated heterocycles. The first-order valence-electron chi connectivity index (χ1n) is 11.4. The molecule has 0 spiro atoms. The summed E-state index contributed by atoms with van der Waals surface area (Å²) in [5, 5.41) is 24.2. The largest absolute Gasteiger partial charge is 0.488 e. The summed E-state index contributed by atoms with van der Waals surface area (Å²) in [6, 6.07) is 33.5. The van der Waals surface area contributed by atoms with Crippen molar-refractivity contribution in [3.8, 4) is 22.3 Å². The van der Waals surface area contributed by atoms with Gasteiger partial charge in [-0.1, -0.05) is 118 Å². The van der Waals surface area contributed by atoms with Crippen LogP contribution < -0.4 is 5.46 Å². The molecule has 5 aromatic carbocycles. The third-order valence-corrected chi connectivity index (χ3v) is 6.44. The first-order chi connectivity index (χ1) is 15.8. The quantitative estimate of drug-likeness (QED) is 0.260. The van der Waals surface area contributed by atoms with Crippen LogP contribution in [-0.4, -0.2) is 17.2 Å². The van der Waals surface area contributed by atoms with Crippen molar-refractivity contribution < 1.29 is 10.0 Å². The summed E-state index contributed by atoms with van der Waals surface area (Å²) >= 11 is 0. The Hall–Kier alpha value is -3.40. The lowest BCUT2D eigenvalue weighted by molar-refractivity contribution is 0.426. The predicted octanol–water partition coefficient (Wildman–Crippen LogP) is 6.30. The van der Waals surface area contributed by atoms with E-state index < -0.39 is 7.12 Å². The maximum Gasteiger partial charge on any atom is 0.488 e. The zero-order valence-corrected chi connectivity index (χ0v) is 19.2. The lowest BCUT2D eigenvalue weighted by atomic mass is 9.78. The predicted molar refractivity (Wildman–Crippen MR) is 141 cm³/mol. The van der Waals surface area contributed by atoms with Crippen LogP contribution in [0.5, 0.6) is 0 Å². The topological polar surface area (TPSA) is 40.5 Å². The number of hydrogen-bond donors (Lipinski definition) is 2.